The maximum Gasteiger partial charge on any atom is 0.274 e. The first-order valence-corrected chi connectivity index (χ1v) is 7.91. The first kappa shape index (κ1) is 17.3. The number of methoxy groups -OCH3 is 1. The highest BCUT2D eigenvalue weighted by molar-refractivity contribution is 6.03. The zero-order valence-corrected chi connectivity index (χ0v) is 14.1. The lowest BCUT2D eigenvalue weighted by molar-refractivity contribution is 0.102. The molecule has 1 heterocycles. The first-order valence-electron chi connectivity index (χ1n) is 7.91. The molecule has 132 valence electrons. The number of para-hydroxylation sites is 2. The van der Waals surface area contributed by atoms with E-state index in [1.807, 2.05) is 24.3 Å². The molecule has 6 nitrogen and oxygen atoms in total. The Bertz CT molecular complexity index is 917. The zero-order valence-electron chi connectivity index (χ0n) is 14.1. The van der Waals surface area contributed by atoms with Gasteiger partial charge in [0.15, 0.2) is 0 Å². The number of anilines is 2. The van der Waals surface area contributed by atoms with Crippen molar-refractivity contribution in [3.8, 4) is 5.75 Å². The summed E-state index contributed by atoms with van der Waals surface area (Å²) < 4.78 is 19.0. The summed E-state index contributed by atoms with van der Waals surface area (Å²) >= 11 is 0. The minimum Gasteiger partial charge on any atom is -0.496 e. The van der Waals surface area contributed by atoms with Crippen LogP contribution in [0.1, 0.15) is 16.1 Å². The van der Waals surface area contributed by atoms with Crippen molar-refractivity contribution in [1.29, 1.82) is 0 Å². The molecule has 1 amide bonds. The Labute approximate surface area is 150 Å². The van der Waals surface area contributed by atoms with Crippen LogP contribution in [0.15, 0.2) is 60.9 Å². The number of aromatic nitrogens is 2. The lowest BCUT2D eigenvalue weighted by atomic mass is 10.2. The third-order valence-corrected chi connectivity index (χ3v) is 3.67. The Morgan fingerprint density at radius 3 is 2.69 bits per heavy atom. The van der Waals surface area contributed by atoms with Gasteiger partial charge in [-0.1, -0.05) is 30.3 Å². The van der Waals surface area contributed by atoms with Gasteiger partial charge in [-0.2, -0.15) is 0 Å². The zero-order chi connectivity index (χ0) is 18.4. The third-order valence-electron chi connectivity index (χ3n) is 3.67. The van der Waals surface area contributed by atoms with Crippen LogP contribution in [0.5, 0.6) is 5.75 Å². The number of hydrogen-bond acceptors (Lipinski definition) is 5. The Morgan fingerprint density at radius 1 is 1.12 bits per heavy atom. The standard InChI is InChI=1S/C19H17FN4O2/c1-26-17-9-5-2-6-13(17)11-21-18-10-16(22-12-23-18)19(25)24-15-8-4-3-7-14(15)20/h2-10,12H,11H2,1H3,(H,24,25)(H,21,22,23). The van der Waals surface area contributed by atoms with E-state index in [1.165, 1.54) is 24.5 Å². The summed E-state index contributed by atoms with van der Waals surface area (Å²) in [6.07, 6.45) is 1.28. The van der Waals surface area contributed by atoms with Gasteiger partial charge in [0, 0.05) is 18.2 Å². The van der Waals surface area contributed by atoms with Crippen LogP contribution in [-0.2, 0) is 6.54 Å². The van der Waals surface area contributed by atoms with Crippen LogP contribution in [0.2, 0.25) is 0 Å². The molecule has 3 aromatic rings. The van der Waals surface area contributed by atoms with Gasteiger partial charge in [0.05, 0.1) is 12.8 Å². The van der Waals surface area contributed by atoms with Gasteiger partial charge in [-0.25, -0.2) is 14.4 Å². The molecule has 0 fully saturated rings. The number of hydrogen-bond donors (Lipinski definition) is 2. The number of ether oxygens (including phenoxy) is 1. The number of carbonyl (C=O) groups excluding carboxylic acids is 1. The molecule has 0 saturated carbocycles. The number of nitrogens with one attached hydrogen (secondary N) is 2. The van der Waals surface area contributed by atoms with E-state index >= 15 is 0 Å². The number of nitrogens with zero attached hydrogens (tertiary/aromatic N) is 2. The van der Waals surface area contributed by atoms with E-state index in [-0.39, 0.29) is 11.4 Å². The summed E-state index contributed by atoms with van der Waals surface area (Å²) in [4.78, 5) is 20.3. The van der Waals surface area contributed by atoms with Crippen molar-refractivity contribution in [2.75, 3.05) is 17.7 Å². The van der Waals surface area contributed by atoms with Gasteiger partial charge in [0.1, 0.15) is 29.4 Å². The van der Waals surface area contributed by atoms with Crippen molar-refractivity contribution in [2.24, 2.45) is 0 Å². The molecule has 0 aliphatic carbocycles. The fraction of sp³-hybridized carbons (Fsp3) is 0.105. The van der Waals surface area contributed by atoms with Gasteiger partial charge in [-0.15, -0.1) is 0 Å². The SMILES string of the molecule is COc1ccccc1CNc1cc(C(=O)Nc2ccccc2F)ncn1. The Morgan fingerprint density at radius 2 is 1.88 bits per heavy atom. The summed E-state index contributed by atoms with van der Waals surface area (Å²) in [5.41, 5.74) is 1.18. The van der Waals surface area contributed by atoms with E-state index in [4.69, 9.17) is 4.74 Å². The second-order valence-corrected chi connectivity index (χ2v) is 5.39. The largest absolute Gasteiger partial charge is 0.496 e. The summed E-state index contributed by atoms with van der Waals surface area (Å²) in [6.45, 7) is 0.468. The normalized spacial score (nSPS) is 10.2. The highest BCUT2D eigenvalue weighted by atomic mass is 19.1. The quantitative estimate of drug-likeness (QED) is 0.710. The maximum atomic E-state index is 13.7. The van der Waals surface area contributed by atoms with Gasteiger partial charge in [-0.3, -0.25) is 4.79 Å². The predicted octanol–water partition coefficient (Wildman–Crippen LogP) is 3.49. The van der Waals surface area contributed by atoms with E-state index in [1.54, 1.807) is 19.2 Å². The molecule has 2 N–H and O–H groups in total. The molecule has 0 atom stereocenters. The number of rotatable bonds is 6. The van der Waals surface area contributed by atoms with Crippen LogP contribution in [0.3, 0.4) is 0 Å². The van der Waals surface area contributed by atoms with Crippen LogP contribution in [0.4, 0.5) is 15.9 Å². The lowest BCUT2D eigenvalue weighted by Gasteiger charge is -2.10. The molecular weight excluding hydrogens is 335 g/mol. The van der Waals surface area contributed by atoms with Crippen LogP contribution < -0.4 is 15.4 Å². The number of amides is 1. The molecule has 0 spiro atoms. The summed E-state index contributed by atoms with van der Waals surface area (Å²) in [7, 11) is 1.61. The molecule has 0 radical (unpaired) electrons. The fourth-order valence-electron chi connectivity index (χ4n) is 2.36. The lowest BCUT2D eigenvalue weighted by Crippen LogP contribution is -2.15. The van der Waals surface area contributed by atoms with Crippen molar-refractivity contribution in [1.82, 2.24) is 9.97 Å². The molecule has 0 unspecified atom stereocenters. The van der Waals surface area contributed by atoms with Gasteiger partial charge < -0.3 is 15.4 Å². The van der Waals surface area contributed by atoms with Gasteiger partial charge in [0.2, 0.25) is 0 Å². The highest BCUT2D eigenvalue weighted by Gasteiger charge is 2.11. The summed E-state index contributed by atoms with van der Waals surface area (Å²) in [5.74, 6) is 0.207. The molecule has 0 aliphatic heterocycles. The third kappa shape index (κ3) is 4.13. The van der Waals surface area contributed by atoms with Crippen LogP contribution >= 0.6 is 0 Å². The van der Waals surface area contributed by atoms with E-state index in [9.17, 15) is 9.18 Å². The van der Waals surface area contributed by atoms with Crippen molar-refractivity contribution in [3.05, 3.63) is 78.0 Å². The van der Waals surface area contributed by atoms with Gasteiger partial charge in [0.25, 0.3) is 5.91 Å². The molecule has 3 rings (SSSR count). The van der Waals surface area contributed by atoms with Crippen molar-refractivity contribution in [2.45, 2.75) is 6.54 Å². The van der Waals surface area contributed by atoms with Crippen molar-refractivity contribution < 1.29 is 13.9 Å². The average Bonchev–Trinajstić information content (AvgIpc) is 2.68. The minimum atomic E-state index is -0.516. The molecule has 0 aliphatic rings. The predicted molar refractivity (Wildman–Crippen MR) is 96.7 cm³/mol. The second kappa shape index (κ2) is 8.06. The molecule has 0 bridgehead atoms. The van der Waals surface area contributed by atoms with Crippen molar-refractivity contribution >= 4 is 17.4 Å². The first-order chi connectivity index (χ1) is 12.7. The number of halogens is 1. The molecule has 1 aromatic heterocycles. The number of carbonyl (C=O) groups is 1. The van der Waals surface area contributed by atoms with Crippen LogP contribution in [0, 0.1) is 5.82 Å². The van der Waals surface area contributed by atoms with Gasteiger partial charge in [-0.05, 0) is 18.2 Å². The van der Waals surface area contributed by atoms with Gasteiger partial charge >= 0.3 is 0 Å². The maximum absolute atomic E-state index is 13.7. The molecule has 2 aromatic carbocycles. The highest BCUT2D eigenvalue weighted by Crippen LogP contribution is 2.19. The smallest absolute Gasteiger partial charge is 0.274 e. The average molecular weight is 352 g/mol. The Balaban J connectivity index is 1.70. The topological polar surface area (TPSA) is 76.1 Å². The Hall–Kier alpha value is -3.48. The van der Waals surface area contributed by atoms with E-state index in [0.29, 0.717) is 12.4 Å². The minimum absolute atomic E-state index is 0.0969. The monoisotopic (exact) mass is 352 g/mol. The molecular formula is C19H17FN4O2. The second-order valence-electron chi connectivity index (χ2n) is 5.39. The van der Waals surface area contributed by atoms with E-state index in [0.717, 1.165) is 11.3 Å². The molecule has 0 saturated heterocycles. The molecule has 26 heavy (non-hydrogen) atoms. The van der Waals surface area contributed by atoms with E-state index < -0.39 is 11.7 Å². The van der Waals surface area contributed by atoms with Crippen LogP contribution in [-0.4, -0.2) is 23.0 Å². The Kier molecular flexibility index (Phi) is 5.38. The van der Waals surface area contributed by atoms with Crippen LogP contribution in [0.25, 0.3) is 0 Å². The molecule has 7 heteroatoms. The van der Waals surface area contributed by atoms with E-state index in [2.05, 4.69) is 20.6 Å². The van der Waals surface area contributed by atoms with Crippen molar-refractivity contribution in [3.63, 3.8) is 0 Å². The summed E-state index contributed by atoms with van der Waals surface area (Å²) in [5, 5.41) is 5.61. The summed E-state index contributed by atoms with van der Waals surface area (Å²) in [6, 6.07) is 15.0. The fourth-order valence-corrected chi connectivity index (χ4v) is 2.36. The number of benzene rings is 2.